The zero-order valence-corrected chi connectivity index (χ0v) is 14.4. The molecule has 2 heterocycles. The first kappa shape index (κ1) is 16.7. The summed E-state index contributed by atoms with van der Waals surface area (Å²) in [7, 11) is 0. The molecule has 1 aliphatic heterocycles. The fourth-order valence-electron chi connectivity index (χ4n) is 4.30. The molecule has 3 atom stereocenters. The molecule has 0 bridgehead atoms. The number of rotatable bonds is 3. The lowest BCUT2D eigenvalue weighted by atomic mass is 9.84. The SMILES string of the molecule is O=C(O)[C@@H]1C[C@H]2CCCC[C@@H]2N1C(=O)c1cnc(-c2ccccc2)nc1. The second-order valence-electron chi connectivity index (χ2n) is 7.08. The number of fused-ring (bicyclic) bond motifs is 1. The van der Waals surface area contributed by atoms with Gasteiger partial charge in [0.05, 0.1) is 5.56 Å². The van der Waals surface area contributed by atoms with Crippen molar-refractivity contribution in [1.29, 1.82) is 0 Å². The van der Waals surface area contributed by atoms with Gasteiger partial charge in [0.1, 0.15) is 6.04 Å². The third-order valence-corrected chi connectivity index (χ3v) is 5.54. The first-order valence-corrected chi connectivity index (χ1v) is 9.08. The Labute approximate surface area is 151 Å². The van der Waals surface area contributed by atoms with Crippen molar-refractivity contribution in [3.8, 4) is 11.4 Å². The van der Waals surface area contributed by atoms with Crippen LogP contribution in [-0.4, -0.2) is 43.9 Å². The van der Waals surface area contributed by atoms with E-state index in [4.69, 9.17) is 0 Å². The highest BCUT2D eigenvalue weighted by molar-refractivity contribution is 5.97. The highest BCUT2D eigenvalue weighted by Crippen LogP contribution is 2.40. The molecule has 1 saturated heterocycles. The summed E-state index contributed by atoms with van der Waals surface area (Å²) in [6, 6.07) is 8.82. The van der Waals surface area contributed by atoms with E-state index in [0.717, 1.165) is 31.2 Å². The van der Waals surface area contributed by atoms with Crippen molar-refractivity contribution in [1.82, 2.24) is 14.9 Å². The van der Waals surface area contributed by atoms with Crippen LogP contribution in [0.1, 0.15) is 42.5 Å². The van der Waals surface area contributed by atoms with Crippen LogP contribution in [0.25, 0.3) is 11.4 Å². The maximum absolute atomic E-state index is 13.0. The maximum atomic E-state index is 13.0. The van der Waals surface area contributed by atoms with Crippen LogP contribution in [0.2, 0.25) is 0 Å². The minimum Gasteiger partial charge on any atom is -0.480 e. The Balaban J connectivity index is 1.60. The normalized spacial score (nSPS) is 24.9. The van der Waals surface area contributed by atoms with Gasteiger partial charge < -0.3 is 10.0 Å². The van der Waals surface area contributed by atoms with E-state index in [1.54, 1.807) is 4.90 Å². The summed E-state index contributed by atoms with van der Waals surface area (Å²) in [5, 5.41) is 9.59. The van der Waals surface area contributed by atoms with Crippen molar-refractivity contribution in [3.63, 3.8) is 0 Å². The van der Waals surface area contributed by atoms with Gasteiger partial charge in [-0.15, -0.1) is 0 Å². The molecule has 6 heteroatoms. The van der Waals surface area contributed by atoms with Gasteiger partial charge in [0, 0.05) is 24.0 Å². The molecule has 0 spiro atoms. The number of likely N-dealkylation sites (tertiary alicyclic amines) is 1. The van der Waals surface area contributed by atoms with E-state index in [1.165, 1.54) is 12.4 Å². The van der Waals surface area contributed by atoms with Crippen LogP contribution in [0.15, 0.2) is 42.7 Å². The molecular weight excluding hydrogens is 330 g/mol. The van der Waals surface area contributed by atoms with E-state index >= 15 is 0 Å². The van der Waals surface area contributed by atoms with Crippen LogP contribution in [-0.2, 0) is 4.79 Å². The van der Waals surface area contributed by atoms with Crippen molar-refractivity contribution in [2.24, 2.45) is 5.92 Å². The number of carboxylic acids is 1. The summed E-state index contributed by atoms with van der Waals surface area (Å²) in [6.07, 6.45) is 7.60. The zero-order chi connectivity index (χ0) is 18.1. The molecule has 1 aliphatic carbocycles. The van der Waals surface area contributed by atoms with Crippen molar-refractivity contribution < 1.29 is 14.7 Å². The molecule has 1 aromatic heterocycles. The fourth-order valence-corrected chi connectivity index (χ4v) is 4.30. The Morgan fingerprint density at radius 3 is 2.42 bits per heavy atom. The summed E-state index contributed by atoms with van der Waals surface area (Å²) in [6.45, 7) is 0. The topological polar surface area (TPSA) is 83.4 Å². The van der Waals surface area contributed by atoms with E-state index in [2.05, 4.69) is 9.97 Å². The lowest BCUT2D eigenvalue weighted by Crippen LogP contribution is -2.46. The third kappa shape index (κ3) is 2.96. The molecule has 1 amide bonds. The Morgan fingerprint density at radius 1 is 1.04 bits per heavy atom. The fraction of sp³-hybridized carbons (Fsp3) is 0.400. The number of nitrogens with zero attached hydrogens (tertiary/aromatic N) is 3. The van der Waals surface area contributed by atoms with Crippen LogP contribution in [0, 0.1) is 5.92 Å². The first-order valence-electron chi connectivity index (χ1n) is 9.08. The average Bonchev–Trinajstić information content (AvgIpc) is 3.08. The minimum absolute atomic E-state index is 0.0196. The predicted molar refractivity (Wildman–Crippen MR) is 95.4 cm³/mol. The second kappa shape index (κ2) is 6.86. The summed E-state index contributed by atoms with van der Waals surface area (Å²) in [5.41, 5.74) is 1.23. The average molecular weight is 351 g/mol. The van der Waals surface area contributed by atoms with Gasteiger partial charge in [0.2, 0.25) is 0 Å². The molecule has 6 nitrogen and oxygen atoms in total. The molecule has 0 unspecified atom stereocenters. The molecule has 2 aliphatic rings. The van der Waals surface area contributed by atoms with E-state index in [9.17, 15) is 14.7 Å². The van der Waals surface area contributed by atoms with Crippen LogP contribution >= 0.6 is 0 Å². The van der Waals surface area contributed by atoms with Crippen molar-refractivity contribution >= 4 is 11.9 Å². The number of carbonyl (C=O) groups is 2. The smallest absolute Gasteiger partial charge is 0.326 e. The van der Waals surface area contributed by atoms with Crippen LogP contribution in [0.5, 0.6) is 0 Å². The molecule has 2 aromatic rings. The molecule has 1 N–H and O–H groups in total. The molecular formula is C20H21N3O3. The Kier molecular flexibility index (Phi) is 4.41. The van der Waals surface area contributed by atoms with Crippen molar-refractivity contribution in [2.75, 3.05) is 0 Å². The van der Waals surface area contributed by atoms with E-state index in [0.29, 0.717) is 23.7 Å². The lowest BCUT2D eigenvalue weighted by Gasteiger charge is -2.32. The van der Waals surface area contributed by atoms with E-state index in [1.807, 2.05) is 30.3 Å². The Hall–Kier alpha value is -2.76. The van der Waals surface area contributed by atoms with Gasteiger partial charge in [0.15, 0.2) is 5.82 Å². The van der Waals surface area contributed by atoms with Gasteiger partial charge in [-0.1, -0.05) is 43.2 Å². The summed E-state index contributed by atoms with van der Waals surface area (Å²) < 4.78 is 0. The standard InChI is InChI=1S/C20H21N3O3/c24-19(15-11-21-18(22-12-15)13-6-2-1-3-7-13)23-16-9-5-4-8-14(16)10-17(23)20(25)26/h1-3,6-7,11-12,14,16-17H,4-5,8-10H2,(H,25,26)/t14-,16+,17+/m1/s1. The van der Waals surface area contributed by atoms with Crippen LogP contribution in [0.4, 0.5) is 0 Å². The quantitative estimate of drug-likeness (QED) is 0.919. The van der Waals surface area contributed by atoms with Gasteiger partial charge in [0.25, 0.3) is 5.91 Å². The van der Waals surface area contributed by atoms with Gasteiger partial charge in [-0.05, 0) is 25.2 Å². The molecule has 4 rings (SSSR count). The molecule has 1 saturated carbocycles. The molecule has 0 radical (unpaired) electrons. The highest BCUT2D eigenvalue weighted by Gasteiger charge is 2.47. The minimum atomic E-state index is -0.922. The Bertz CT molecular complexity index is 807. The van der Waals surface area contributed by atoms with Gasteiger partial charge in [-0.25, -0.2) is 14.8 Å². The maximum Gasteiger partial charge on any atom is 0.326 e. The first-order chi connectivity index (χ1) is 12.6. The second-order valence-corrected chi connectivity index (χ2v) is 7.08. The largest absolute Gasteiger partial charge is 0.480 e. The lowest BCUT2D eigenvalue weighted by molar-refractivity contribution is -0.141. The van der Waals surface area contributed by atoms with E-state index in [-0.39, 0.29) is 11.9 Å². The Morgan fingerprint density at radius 2 is 1.73 bits per heavy atom. The van der Waals surface area contributed by atoms with Crippen molar-refractivity contribution in [3.05, 3.63) is 48.3 Å². The number of carboxylic acid groups (broad SMARTS) is 1. The molecule has 26 heavy (non-hydrogen) atoms. The highest BCUT2D eigenvalue weighted by atomic mass is 16.4. The zero-order valence-electron chi connectivity index (χ0n) is 14.4. The van der Waals surface area contributed by atoms with Gasteiger partial charge >= 0.3 is 5.97 Å². The number of hydrogen-bond acceptors (Lipinski definition) is 4. The number of aromatic nitrogens is 2. The monoisotopic (exact) mass is 351 g/mol. The summed E-state index contributed by atoms with van der Waals surface area (Å²) in [5.74, 6) is -0.354. The summed E-state index contributed by atoms with van der Waals surface area (Å²) in [4.78, 5) is 34.9. The van der Waals surface area contributed by atoms with Gasteiger partial charge in [-0.3, -0.25) is 4.79 Å². The molecule has 134 valence electrons. The number of hydrogen-bond donors (Lipinski definition) is 1. The van der Waals surface area contributed by atoms with Crippen molar-refractivity contribution in [2.45, 2.75) is 44.2 Å². The molecule has 2 fully saturated rings. The number of amides is 1. The van der Waals surface area contributed by atoms with Crippen LogP contribution < -0.4 is 0 Å². The van der Waals surface area contributed by atoms with E-state index < -0.39 is 12.0 Å². The third-order valence-electron chi connectivity index (χ3n) is 5.54. The van der Waals surface area contributed by atoms with Crippen LogP contribution in [0.3, 0.4) is 0 Å². The predicted octanol–water partition coefficient (Wildman–Crippen LogP) is 3.00. The van der Waals surface area contributed by atoms with Gasteiger partial charge in [-0.2, -0.15) is 0 Å². The number of carbonyl (C=O) groups excluding carboxylic acids is 1. The summed E-state index contributed by atoms with van der Waals surface area (Å²) >= 11 is 0. The molecule has 1 aromatic carbocycles. The number of aliphatic carboxylic acids is 1. The number of benzene rings is 1.